The molecule has 0 aromatic carbocycles. The summed E-state index contributed by atoms with van der Waals surface area (Å²) in [6, 6.07) is 0. The fraction of sp³-hybridized carbons (Fsp3) is 1.00. The minimum absolute atomic E-state index is 0.437. The Morgan fingerprint density at radius 2 is 0.941 bits per heavy atom. The number of hydrogen-bond donors (Lipinski definition) is 1. The molecule has 0 bridgehead atoms. The first-order valence-corrected chi connectivity index (χ1v) is 7.44. The Labute approximate surface area is 130 Å². The highest BCUT2D eigenvalue weighted by Crippen LogP contribution is 2.39. The first-order valence-electron chi connectivity index (χ1n) is 4.82. The van der Waals surface area contributed by atoms with Crippen LogP contribution < -0.4 is 0 Å². The van der Waals surface area contributed by atoms with Gasteiger partial charge in [0.15, 0.2) is 0 Å². The predicted octanol–water partition coefficient (Wildman–Crippen LogP) is 3.98. The van der Waals surface area contributed by atoms with Crippen LogP contribution in [0.25, 0.3) is 0 Å². The Morgan fingerprint density at radius 1 is 0.824 bits per heavy atom. The van der Waals surface area contributed by atoms with E-state index in [-0.39, 0.29) is 0 Å². The van der Waals surface area contributed by atoms with Crippen LogP contribution >= 0.6 is 69.6 Å². The highest BCUT2D eigenvalue weighted by molar-refractivity contribution is 6.45. The fourth-order valence-corrected chi connectivity index (χ4v) is 3.38. The molecule has 1 nitrogen and oxygen atoms in total. The molecule has 1 unspecified atom stereocenters. The van der Waals surface area contributed by atoms with Crippen molar-refractivity contribution in [3.8, 4) is 0 Å². The molecule has 0 amide bonds. The van der Waals surface area contributed by atoms with Crippen LogP contribution in [-0.4, -0.2) is 50.1 Å². The van der Waals surface area contributed by atoms with Gasteiger partial charge in [-0.25, -0.2) is 4.39 Å². The maximum Gasteiger partial charge on any atom is 0.115 e. The smallest absolute Gasteiger partial charge is 0.115 e. The topological polar surface area (TPSA) is 20.2 Å². The van der Waals surface area contributed by atoms with E-state index in [1.807, 2.05) is 0 Å². The lowest BCUT2D eigenvalue weighted by atomic mass is 9.97. The van der Waals surface area contributed by atoms with E-state index in [0.29, 0.717) is 0 Å². The SMILES string of the molecule is CC(O)CF.ClC1C(Cl)C(Cl)C(Cl)C(Cl)C1Cl. The van der Waals surface area contributed by atoms with Gasteiger partial charge in [0.1, 0.15) is 6.67 Å². The van der Waals surface area contributed by atoms with Crippen LogP contribution in [0, 0.1) is 0 Å². The predicted molar refractivity (Wildman–Crippen MR) is 75.5 cm³/mol. The van der Waals surface area contributed by atoms with Crippen LogP contribution in [0.5, 0.6) is 0 Å². The summed E-state index contributed by atoms with van der Waals surface area (Å²) in [7, 11) is 0. The Morgan fingerprint density at radius 3 is 1.00 bits per heavy atom. The third-order valence-corrected chi connectivity index (χ3v) is 6.08. The van der Waals surface area contributed by atoms with Crippen molar-refractivity contribution in [2.45, 2.75) is 45.3 Å². The summed E-state index contributed by atoms with van der Waals surface area (Å²) in [6.45, 7) is 0.764. The molecule has 104 valence electrons. The van der Waals surface area contributed by atoms with E-state index in [9.17, 15) is 4.39 Å². The lowest BCUT2D eigenvalue weighted by Gasteiger charge is -2.37. The summed E-state index contributed by atoms with van der Waals surface area (Å²) < 4.78 is 10.9. The van der Waals surface area contributed by atoms with E-state index in [0.717, 1.165) is 0 Å². The summed E-state index contributed by atoms with van der Waals surface area (Å²) >= 11 is 35.3. The van der Waals surface area contributed by atoms with Gasteiger partial charge >= 0.3 is 0 Å². The van der Waals surface area contributed by atoms with E-state index >= 15 is 0 Å². The lowest BCUT2D eigenvalue weighted by Crippen LogP contribution is -2.52. The standard InChI is InChI=1S/C6H6Cl6.C3H7FO/c7-1-2(8)4(10)6(12)5(11)3(1)9;1-3(5)2-4/h1-6H;3,5H,2H2,1H3. The third-order valence-electron chi connectivity index (χ3n) is 2.05. The van der Waals surface area contributed by atoms with Crippen LogP contribution in [0.3, 0.4) is 0 Å². The zero-order valence-electron chi connectivity index (χ0n) is 8.84. The number of aliphatic hydroxyl groups excluding tert-OH is 1. The van der Waals surface area contributed by atoms with Gasteiger partial charge < -0.3 is 5.11 Å². The summed E-state index contributed by atoms with van der Waals surface area (Å²) in [5.74, 6) is 0. The Hall–Kier alpha value is 1.63. The quantitative estimate of drug-likeness (QED) is 0.694. The summed E-state index contributed by atoms with van der Waals surface area (Å²) in [4.78, 5) is 0. The number of aliphatic hydroxyl groups is 1. The molecule has 0 aliphatic heterocycles. The number of halogens is 7. The summed E-state index contributed by atoms with van der Waals surface area (Å²) in [5.41, 5.74) is 0. The molecule has 8 heteroatoms. The second-order valence-electron chi connectivity index (χ2n) is 3.67. The van der Waals surface area contributed by atoms with Crippen molar-refractivity contribution in [2.24, 2.45) is 0 Å². The second kappa shape index (κ2) is 8.73. The molecule has 1 fully saturated rings. The number of rotatable bonds is 1. The van der Waals surface area contributed by atoms with Crippen molar-refractivity contribution in [1.29, 1.82) is 0 Å². The molecule has 0 spiro atoms. The normalized spacial score (nSPS) is 43.6. The van der Waals surface area contributed by atoms with Gasteiger partial charge in [0.25, 0.3) is 0 Å². The lowest BCUT2D eigenvalue weighted by molar-refractivity contribution is 0.158. The average Bonchev–Trinajstić information content (AvgIpc) is 2.32. The minimum Gasteiger partial charge on any atom is -0.391 e. The van der Waals surface area contributed by atoms with Crippen molar-refractivity contribution < 1.29 is 9.50 Å². The van der Waals surface area contributed by atoms with E-state index in [1.165, 1.54) is 6.92 Å². The highest BCUT2D eigenvalue weighted by atomic mass is 35.5. The molecule has 0 heterocycles. The van der Waals surface area contributed by atoms with Crippen molar-refractivity contribution in [1.82, 2.24) is 0 Å². The molecule has 0 aromatic heterocycles. The van der Waals surface area contributed by atoms with Crippen LogP contribution in [-0.2, 0) is 0 Å². The monoisotopic (exact) mass is 366 g/mol. The minimum atomic E-state index is -0.782. The molecule has 1 N–H and O–H groups in total. The van der Waals surface area contributed by atoms with Gasteiger partial charge in [0.05, 0.1) is 38.4 Å². The molecule has 0 radical (unpaired) electrons. The van der Waals surface area contributed by atoms with Gasteiger partial charge in [-0.2, -0.15) is 0 Å². The summed E-state index contributed by atoms with van der Waals surface area (Å²) in [6.07, 6.45) is -0.782. The number of hydrogen-bond acceptors (Lipinski definition) is 1. The maximum absolute atomic E-state index is 10.9. The highest BCUT2D eigenvalue weighted by Gasteiger charge is 2.46. The molecule has 1 atom stereocenters. The van der Waals surface area contributed by atoms with Crippen molar-refractivity contribution in [3.05, 3.63) is 0 Å². The fourth-order valence-electron chi connectivity index (χ4n) is 1.05. The molecule has 1 aliphatic carbocycles. The maximum atomic E-state index is 10.9. The number of alkyl halides is 7. The first-order chi connectivity index (χ1) is 7.73. The van der Waals surface area contributed by atoms with E-state index < -0.39 is 45.0 Å². The Bertz CT molecular complexity index is 161. The summed E-state index contributed by atoms with van der Waals surface area (Å²) in [5, 5.41) is 5.37. The molecular formula is C9H13Cl6FO. The molecule has 1 saturated carbocycles. The van der Waals surface area contributed by atoms with Crippen LogP contribution in [0.1, 0.15) is 6.92 Å². The van der Waals surface area contributed by atoms with Crippen molar-refractivity contribution in [2.75, 3.05) is 6.67 Å². The first kappa shape index (κ1) is 18.6. The van der Waals surface area contributed by atoms with E-state index in [1.54, 1.807) is 0 Å². The zero-order valence-corrected chi connectivity index (χ0v) is 13.4. The van der Waals surface area contributed by atoms with Gasteiger partial charge in [-0.05, 0) is 6.92 Å². The van der Waals surface area contributed by atoms with Gasteiger partial charge in [-0.1, -0.05) is 0 Å². The zero-order chi connectivity index (χ0) is 13.7. The second-order valence-corrected chi connectivity index (χ2v) is 6.69. The molecule has 0 aromatic rings. The third kappa shape index (κ3) is 5.64. The van der Waals surface area contributed by atoms with E-state index in [2.05, 4.69) is 0 Å². The van der Waals surface area contributed by atoms with Crippen molar-refractivity contribution >= 4 is 69.6 Å². The molecule has 17 heavy (non-hydrogen) atoms. The Balaban J connectivity index is 0.000000437. The molecule has 1 aliphatic rings. The Kier molecular flexibility index (Phi) is 9.57. The molecule has 0 saturated heterocycles. The van der Waals surface area contributed by atoms with Gasteiger partial charge in [-0.15, -0.1) is 69.6 Å². The molecular weight excluding hydrogens is 356 g/mol. The van der Waals surface area contributed by atoms with Crippen LogP contribution in [0.4, 0.5) is 4.39 Å². The largest absolute Gasteiger partial charge is 0.391 e. The van der Waals surface area contributed by atoms with Crippen LogP contribution in [0.15, 0.2) is 0 Å². The van der Waals surface area contributed by atoms with Gasteiger partial charge in [0.2, 0.25) is 0 Å². The average molecular weight is 369 g/mol. The molecule has 1 rings (SSSR count). The van der Waals surface area contributed by atoms with Crippen molar-refractivity contribution in [3.63, 3.8) is 0 Å². The van der Waals surface area contributed by atoms with Gasteiger partial charge in [0, 0.05) is 0 Å². The van der Waals surface area contributed by atoms with Crippen LogP contribution in [0.2, 0.25) is 0 Å². The van der Waals surface area contributed by atoms with Gasteiger partial charge in [-0.3, -0.25) is 0 Å². The van der Waals surface area contributed by atoms with E-state index in [4.69, 9.17) is 74.7 Å².